The predicted octanol–water partition coefficient (Wildman–Crippen LogP) is 5.25. The van der Waals surface area contributed by atoms with E-state index in [4.69, 9.17) is 9.82 Å². The number of allylic oxidation sites excluding steroid dienone is 1. The second kappa shape index (κ2) is 7.98. The molecule has 0 radical (unpaired) electrons. The Morgan fingerprint density at radius 3 is 2.33 bits per heavy atom. The molecule has 1 amide bonds. The third-order valence-corrected chi connectivity index (χ3v) is 12.8. The molecule has 0 aliphatic carbocycles. The number of rotatable bonds is 7. The lowest BCUT2D eigenvalue weighted by atomic mass is 10.2. The van der Waals surface area contributed by atoms with E-state index in [-0.39, 0.29) is 5.91 Å². The molecule has 2 aromatic heterocycles. The van der Waals surface area contributed by atoms with Crippen molar-refractivity contribution in [3.05, 3.63) is 42.2 Å². The summed E-state index contributed by atoms with van der Waals surface area (Å²) < 4.78 is 2.44. The lowest BCUT2D eigenvalue weighted by Gasteiger charge is -2.45. The van der Waals surface area contributed by atoms with Crippen molar-refractivity contribution in [1.82, 2.24) is 14.3 Å². The van der Waals surface area contributed by atoms with E-state index in [1.807, 2.05) is 6.07 Å². The van der Waals surface area contributed by atoms with Crippen LogP contribution in [0.25, 0.3) is 11.0 Å². The van der Waals surface area contributed by atoms with E-state index < -0.39 is 8.24 Å². The first kappa shape index (κ1) is 21.4. The molecule has 0 aliphatic heterocycles. The van der Waals surface area contributed by atoms with Crippen molar-refractivity contribution < 1.29 is 9.63 Å². The highest BCUT2D eigenvalue weighted by Gasteiger charge is 2.48. The average molecular weight is 388 g/mol. The molecule has 0 aliphatic rings. The summed E-state index contributed by atoms with van der Waals surface area (Å²) in [6.45, 7) is 18.0. The zero-order valence-corrected chi connectivity index (χ0v) is 18.9. The van der Waals surface area contributed by atoms with E-state index in [0.717, 1.165) is 11.0 Å². The molecule has 148 valence electrons. The number of carbonyl (C=O) groups is 1. The number of hydrogen-bond acceptors (Lipinski definition) is 3. The first-order chi connectivity index (χ1) is 12.6. The van der Waals surface area contributed by atoms with Gasteiger partial charge < -0.3 is 4.23 Å². The Kier molecular flexibility index (Phi) is 6.32. The SMILES string of the molecule is C=C(C)C(C)[Si](C(C)C)(C(C)C)n1ccc2cc(C(=O)N(C)OC)cnc21. The van der Waals surface area contributed by atoms with Crippen LogP contribution < -0.4 is 0 Å². The Labute approximate surface area is 164 Å². The van der Waals surface area contributed by atoms with Crippen molar-refractivity contribution >= 4 is 25.2 Å². The van der Waals surface area contributed by atoms with Crippen molar-refractivity contribution in [2.45, 2.75) is 58.2 Å². The summed E-state index contributed by atoms with van der Waals surface area (Å²) in [6.07, 6.45) is 3.82. The van der Waals surface area contributed by atoms with E-state index in [1.54, 1.807) is 13.2 Å². The van der Waals surface area contributed by atoms with Gasteiger partial charge in [0, 0.05) is 18.6 Å². The lowest BCUT2D eigenvalue weighted by molar-refractivity contribution is -0.0757. The highest BCUT2D eigenvalue weighted by Crippen LogP contribution is 2.46. The third-order valence-electron chi connectivity index (χ3n) is 6.03. The number of amides is 1. The topological polar surface area (TPSA) is 47.4 Å². The van der Waals surface area contributed by atoms with Crippen LogP contribution in [0.4, 0.5) is 0 Å². The van der Waals surface area contributed by atoms with E-state index in [9.17, 15) is 4.79 Å². The maximum Gasteiger partial charge on any atom is 0.278 e. The minimum absolute atomic E-state index is 0.203. The lowest BCUT2D eigenvalue weighted by Crippen LogP contribution is -2.52. The summed E-state index contributed by atoms with van der Waals surface area (Å²) in [4.78, 5) is 22.1. The van der Waals surface area contributed by atoms with E-state index in [1.165, 1.54) is 17.7 Å². The smallest absolute Gasteiger partial charge is 0.278 e. The van der Waals surface area contributed by atoms with Gasteiger partial charge in [-0.25, -0.2) is 10.0 Å². The third kappa shape index (κ3) is 3.48. The number of nitrogens with zero attached hydrogens (tertiary/aromatic N) is 3. The van der Waals surface area contributed by atoms with Gasteiger partial charge in [-0.05, 0) is 41.9 Å². The van der Waals surface area contributed by atoms with E-state index >= 15 is 0 Å². The molecule has 1 atom stereocenters. The molecule has 2 aromatic rings. The molecule has 0 saturated heterocycles. The minimum Gasteiger partial charge on any atom is -0.358 e. The van der Waals surface area contributed by atoms with Gasteiger partial charge in [-0.2, -0.15) is 0 Å². The van der Waals surface area contributed by atoms with Gasteiger partial charge in [0.05, 0.1) is 12.7 Å². The van der Waals surface area contributed by atoms with Crippen LogP contribution in [-0.2, 0) is 4.84 Å². The van der Waals surface area contributed by atoms with Crippen LogP contribution in [0.15, 0.2) is 36.7 Å². The van der Waals surface area contributed by atoms with Gasteiger partial charge in [0.25, 0.3) is 5.91 Å². The molecule has 6 heteroatoms. The molecule has 0 aromatic carbocycles. The number of hydroxylamine groups is 2. The number of aromatic nitrogens is 2. The van der Waals surface area contributed by atoms with Crippen molar-refractivity contribution in [1.29, 1.82) is 0 Å². The van der Waals surface area contributed by atoms with Crippen LogP contribution in [-0.4, -0.2) is 42.6 Å². The normalized spacial score (nSPS) is 13.4. The van der Waals surface area contributed by atoms with E-state index in [2.05, 4.69) is 64.6 Å². The van der Waals surface area contributed by atoms with E-state index in [0.29, 0.717) is 22.2 Å². The molecular formula is C21H33N3O2Si. The summed E-state index contributed by atoms with van der Waals surface area (Å²) in [7, 11) is 1.03. The second-order valence-corrected chi connectivity index (χ2v) is 13.5. The molecule has 5 nitrogen and oxygen atoms in total. The van der Waals surface area contributed by atoms with Gasteiger partial charge in [-0.1, -0.05) is 40.2 Å². The van der Waals surface area contributed by atoms with Crippen molar-refractivity contribution in [3.8, 4) is 0 Å². The van der Waals surface area contributed by atoms with Crippen LogP contribution in [0.2, 0.25) is 16.6 Å². The number of fused-ring (bicyclic) bond motifs is 1. The van der Waals surface area contributed by atoms with Crippen molar-refractivity contribution in [2.24, 2.45) is 0 Å². The first-order valence-corrected chi connectivity index (χ1v) is 11.7. The van der Waals surface area contributed by atoms with Crippen LogP contribution >= 0.6 is 0 Å². The summed E-state index contributed by atoms with van der Waals surface area (Å²) in [5.74, 6) is -0.203. The molecule has 0 N–H and O–H groups in total. The van der Waals surface area contributed by atoms with Crippen molar-refractivity contribution in [2.75, 3.05) is 14.2 Å². The van der Waals surface area contributed by atoms with Gasteiger partial charge in [-0.3, -0.25) is 9.63 Å². The molecule has 2 rings (SSSR count). The average Bonchev–Trinajstić information content (AvgIpc) is 3.03. The standard InChI is InChI=1S/C21H33N3O2Si/c1-14(2)17(7)27(15(3)4,16(5)6)24-11-10-18-12-19(13-22-20(18)24)21(25)23(8)26-9/h10-13,15-17H,1H2,2-9H3. The van der Waals surface area contributed by atoms with Crippen LogP contribution in [0.3, 0.4) is 0 Å². The van der Waals surface area contributed by atoms with Crippen LogP contribution in [0.5, 0.6) is 0 Å². The Bertz CT molecular complexity index is 833. The van der Waals surface area contributed by atoms with Gasteiger partial charge >= 0.3 is 0 Å². The van der Waals surface area contributed by atoms with Crippen LogP contribution in [0.1, 0.15) is 51.9 Å². The largest absolute Gasteiger partial charge is 0.358 e. The Hall–Kier alpha value is -1.92. The summed E-state index contributed by atoms with van der Waals surface area (Å²) in [6, 6.07) is 3.98. The highest BCUT2D eigenvalue weighted by atomic mass is 28.3. The number of carbonyl (C=O) groups excluding carboxylic acids is 1. The molecular weight excluding hydrogens is 354 g/mol. The molecule has 27 heavy (non-hydrogen) atoms. The maximum absolute atomic E-state index is 12.4. The quantitative estimate of drug-likeness (QED) is 0.370. The predicted molar refractivity (Wildman–Crippen MR) is 114 cm³/mol. The fourth-order valence-electron chi connectivity index (χ4n) is 4.54. The molecule has 0 saturated carbocycles. The molecule has 0 bridgehead atoms. The maximum atomic E-state index is 12.4. The Morgan fingerprint density at radius 2 is 1.85 bits per heavy atom. The zero-order chi connectivity index (χ0) is 20.5. The monoisotopic (exact) mass is 387 g/mol. The van der Waals surface area contributed by atoms with Gasteiger partial charge in [-0.15, -0.1) is 6.58 Å². The fraction of sp³-hybridized carbons (Fsp3) is 0.524. The first-order valence-electron chi connectivity index (χ1n) is 9.54. The fourth-order valence-corrected chi connectivity index (χ4v) is 11.1. The van der Waals surface area contributed by atoms with Gasteiger partial charge in [0.15, 0.2) is 8.24 Å². The highest BCUT2D eigenvalue weighted by molar-refractivity contribution is 6.83. The number of hydrogen-bond donors (Lipinski definition) is 0. The molecule has 0 spiro atoms. The van der Waals surface area contributed by atoms with Gasteiger partial charge in [0.1, 0.15) is 5.65 Å². The molecule has 2 heterocycles. The van der Waals surface area contributed by atoms with Gasteiger partial charge in [0.2, 0.25) is 0 Å². The summed E-state index contributed by atoms with van der Waals surface area (Å²) in [5.41, 5.74) is 4.15. The Morgan fingerprint density at radius 1 is 1.26 bits per heavy atom. The van der Waals surface area contributed by atoms with Crippen molar-refractivity contribution in [3.63, 3.8) is 0 Å². The number of pyridine rings is 1. The molecule has 0 fully saturated rings. The Balaban J connectivity index is 2.68. The summed E-state index contributed by atoms with van der Waals surface area (Å²) >= 11 is 0. The zero-order valence-electron chi connectivity index (χ0n) is 17.9. The minimum atomic E-state index is -2.04. The summed E-state index contributed by atoms with van der Waals surface area (Å²) in [5, 5.41) is 2.20. The molecule has 1 unspecified atom stereocenters. The second-order valence-electron chi connectivity index (χ2n) is 8.07. The van der Waals surface area contributed by atoms with Crippen LogP contribution in [0, 0.1) is 0 Å².